The minimum atomic E-state index is 0.0403. The smallest absolute Gasteiger partial charge is 0.268 e. The molecule has 4 aromatic rings. The predicted octanol–water partition coefficient (Wildman–Crippen LogP) is 5.70. The molecule has 128 valence electrons. The van der Waals surface area contributed by atoms with Gasteiger partial charge in [-0.1, -0.05) is 48.0 Å². The zero-order valence-electron chi connectivity index (χ0n) is 13.9. The number of hydrogen-bond donors (Lipinski definition) is 0. The molecule has 0 spiro atoms. The van der Waals surface area contributed by atoms with E-state index in [-0.39, 0.29) is 5.91 Å². The third-order valence-electron chi connectivity index (χ3n) is 4.89. The lowest BCUT2D eigenvalue weighted by Gasteiger charge is -2.29. The Labute approximate surface area is 159 Å². The Kier molecular flexibility index (Phi) is 3.69. The van der Waals surface area contributed by atoms with Crippen molar-refractivity contribution in [2.45, 2.75) is 12.8 Å². The van der Waals surface area contributed by atoms with Crippen molar-refractivity contribution >= 4 is 55.5 Å². The zero-order chi connectivity index (χ0) is 17.7. The Morgan fingerprint density at radius 2 is 1.88 bits per heavy atom. The second kappa shape index (κ2) is 6.08. The maximum absolute atomic E-state index is 13.3. The van der Waals surface area contributed by atoms with Crippen LogP contribution in [0.5, 0.6) is 0 Å². The summed E-state index contributed by atoms with van der Waals surface area (Å²) in [5.41, 5.74) is 3.11. The van der Waals surface area contributed by atoms with Gasteiger partial charge in [-0.15, -0.1) is 11.3 Å². The summed E-state index contributed by atoms with van der Waals surface area (Å²) in [6, 6.07) is 18.0. The molecule has 0 aliphatic carbocycles. The van der Waals surface area contributed by atoms with Crippen LogP contribution < -0.4 is 4.90 Å². The van der Waals surface area contributed by atoms with Crippen molar-refractivity contribution in [1.29, 1.82) is 0 Å². The van der Waals surface area contributed by atoms with E-state index in [2.05, 4.69) is 11.1 Å². The van der Waals surface area contributed by atoms with Crippen molar-refractivity contribution < 1.29 is 4.79 Å². The first kappa shape index (κ1) is 15.8. The number of hydrogen-bond acceptors (Lipinski definition) is 3. The summed E-state index contributed by atoms with van der Waals surface area (Å²) in [6.45, 7) is 0.747. The maximum Gasteiger partial charge on any atom is 0.268 e. The van der Waals surface area contributed by atoms with E-state index in [1.807, 2.05) is 53.4 Å². The maximum atomic E-state index is 13.3. The van der Waals surface area contributed by atoms with Gasteiger partial charge in [-0.3, -0.25) is 4.79 Å². The molecule has 26 heavy (non-hydrogen) atoms. The molecule has 0 unspecified atom stereocenters. The highest BCUT2D eigenvalue weighted by Gasteiger charge is 2.25. The molecule has 2 aromatic carbocycles. The first-order valence-corrected chi connectivity index (χ1v) is 9.79. The fourth-order valence-corrected chi connectivity index (χ4v) is 5.09. The van der Waals surface area contributed by atoms with Crippen molar-refractivity contribution in [2.75, 3.05) is 11.4 Å². The Hall–Kier alpha value is -2.43. The number of para-hydroxylation sites is 2. The van der Waals surface area contributed by atoms with Gasteiger partial charge in [-0.2, -0.15) is 0 Å². The number of carbonyl (C=O) groups excluding carboxylic acids is 1. The fourth-order valence-electron chi connectivity index (χ4n) is 3.66. The number of anilines is 1. The third-order valence-corrected chi connectivity index (χ3v) is 6.33. The second-order valence-corrected chi connectivity index (χ2v) is 7.87. The minimum Gasteiger partial charge on any atom is -0.307 e. The summed E-state index contributed by atoms with van der Waals surface area (Å²) in [5.74, 6) is 0.0403. The number of thiophene rings is 1. The lowest BCUT2D eigenvalue weighted by atomic mass is 10.0. The molecule has 1 amide bonds. The normalized spacial score (nSPS) is 14.0. The highest BCUT2D eigenvalue weighted by atomic mass is 35.5. The molecule has 0 bridgehead atoms. The quantitative estimate of drug-likeness (QED) is 0.398. The van der Waals surface area contributed by atoms with Crippen LogP contribution in [0.15, 0.2) is 54.6 Å². The minimum absolute atomic E-state index is 0.0403. The molecule has 1 aliphatic rings. The van der Waals surface area contributed by atoms with Crippen LogP contribution in [0.4, 0.5) is 5.69 Å². The summed E-state index contributed by atoms with van der Waals surface area (Å²) >= 11 is 7.89. The summed E-state index contributed by atoms with van der Waals surface area (Å²) in [7, 11) is 0. The van der Waals surface area contributed by atoms with E-state index >= 15 is 0 Å². The Bertz CT molecular complexity index is 1170. The Morgan fingerprint density at radius 3 is 2.81 bits per heavy atom. The largest absolute Gasteiger partial charge is 0.307 e. The summed E-state index contributed by atoms with van der Waals surface area (Å²) in [4.78, 5) is 20.3. The van der Waals surface area contributed by atoms with Gasteiger partial charge in [0, 0.05) is 27.7 Å². The van der Waals surface area contributed by atoms with Crippen molar-refractivity contribution in [1.82, 2.24) is 4.98 Å². The first-order chi connectivity index (χ1) is 12.7. The molecular formula is C21H15ClN2OS. The van der Waals surface area contributed by atoms with Crippen LogP contribution >= 0.6 is 22.9 Å². The number of rotatable bonds is 1. The van der Waals surface area contributed by atoms with E-state index in [4.69, 9.17) is 11.6 Å². The Balaban J connectivity index is 1.65. The average Bonchev–Trinajstić information content (AvgIpc) is 3.13. The monoisotopic (exact) mass is 378 g/mol. The number of nitrogens with zero attached hydrogens (tertiary/aromatic N) is 2. The van der Waals surface area contributed by atoms with E-state index in [0.717, 1.165) is 46.1 Å². The molecule has 2 aromatic heterocycles. The highest BCUT2D eigenvalue weighted by Crippen LogP contribution is 2.37. The highest BCUT2D eigenvalue weighted by molar-refractivity contribution is 7.22. The molecule has 0 saturated carbocycles. The van der Waals surface area contributed by atoms with E-state index in [0.29, 0.717) is 10.0 Å². The molecule has 3 nitrogen and oxygen atoms in total. The molecule has 0 fully saturated rings. The predicted molar refractivity (Wildman–Crippen MR) is 109 cm³/mol. The van der Waals surface area contributed by atoms with Crippen molar-refractivity contribution in [2.24, 2.45) is 0 Å². The SMILES string of the molecule is O=C(c1cc2c(Cl)nc3ccccc3c2s1)N1CCCc2ccccc21. The van der Waals surface area contributed by atoms with Crippen LogP contribution in [0.1, 0.15) is 21.7 Å². The molecule has 5 rings (SSSR count). The summed E-state index contributed by atoms with van der Waals surface area (Å²) < 4.78 is 1.02. The number of amides is 1. The van der Waals surface area contributed by atoms with Crippen LogP contribution in [0.25, 0.3) is 21.0 Å². The number of benzene rings is 2. The number of aromatic nitrogens is 1. The molecule has 3 heterocycles. The molecule has 0 atom stereocenters. The second-order valence-electron chi connectivity index (χ2n) is 6.46. The molecule has 5 heteroatoms. The summed E-state index contributed by atoms with van der Waals surface area (Å²) in [6.07, 6.45) is 2.01. The number of halogens is 1. The topological polar surface area (TPSA) is 33.2 Å². The number of fused-ring (bicyclic) bond motifs is 4. The van der Waals surface area contributed by atoms with E-state index in [9.17, 15) is 4.79 Å². The molecular weight excluding hydrogens is 364 g/mol. The van der Waals surface area contributed by atoms with Crippen molar-refractivity contribution in [3.05, 3.63) is 70.2 Å². The van der Waals surface area contributed by atoms with Crippen LogP contribution in [-0.4, -0.2) is 17.4 Å². The van der Waals surface area contributed by atoms with Gasteiger partial charge in [-0.05, 0) is 36.6 Å². The van der Waals surface area contributed by atoms with Crippen LogP contribution in [0, 0.1) is 0 Å². The molecule has 1 aliphatic heterocycles. The Morgan fingerprint density at radius 1 is 1.08 bits per heavy atom. The van der Waals surface area contributed by atoms with Gasteiger partial charge in [0.05, 0.1) is 10.4 Å². The van der Waals surface area contributed by atoms with E-state index < -0.39 is 0 Å². The van der Waals surface area contributed by atoms with Crippen molar-refractivity contribution in [3.8, 4) is 0 Å². The van der Waals surface area contributed by atoms with Crippen LogP contribution in [-0.2, 0) is 6.42 Å². The van der Waals surface area contributed by atoms with Gasteiger partial charge < -0.3 is 4.90 Å². The molecule has 0 radical (unpaired) electrons. The van der Waals surface area contributed by atoms with Gasteiger partial charge >= 0.3 is 0 Å². The van der Waals surface area contributed by atoms with E-state index in [1.54, 1.807) is 0 Å². The lowest BCUT2D eigenvalue weighted by Crippen LogP contribution is -2.34. The van der Waals surface area contributed by atoms with Crippen LogP contribution in [0.2, 0.25) is 5.15 Å². The first-order valence-electron chi connectivity index (χ1n) is 8.60. The number of pyridine rings is 1. The average molecular weight is 379 g/mol. The summed E-state index contributed by atoms with van der Waals surface area (Å²) in [5, 5.41) is 2.34. The van der Waals surface area contributed by atoms with Gasteiger partial charge in [0.2, 0.25) is 0 Å². The van der Waals surface area contributed by atoms with Gasteiger partial charge in [0.1, 0.15) is 5.15 Å². The lowest BCUT2D eigenvalue weighted by molar-refractivity contribution is 0.0989. The van der Waals surface area contributed by atoms with Crippen molar-refractivity contribution in [3.63, 3.8) is 0 Å². The zero-order valence-corrected chi connectivity index (χ0v) is 15.5. The van der Waals surface area contributed by atoms with Gasteiger partial charge in [0.25, 0.3) is 5.91 Å². The number of carbonyl (C=O) groups is 1. The van der Waals surface area contributed by atoms with Crippen LogP contribution in [0.3, 0.4) is 0 Å². The van der Waals surface area contributed by atoms with E-state index in [1.165, 1.54) is 16.9 Å². The molecule has 0 N–H and O–H groups in total. The standard InChI is InChI=1S/C21H15ClN2OS/c22-20-15-12-18(26-19(15)14-8-2-3-9-16(14)23-20)21(25)24-11-5-7-13-6-1-4-10-17(13)24/h1-4,6,8-10,12H,5,7,11H2. The van der Waals surface area contributed by atoms with Gasteiger partial charge in [0.15, 0.2) is 0 Å². The third kappa shape index (κ3) is 2.41. The number of aryl methyl sites for hydroxylation is 1. The fraction of sp³-hybridized carbons (Fsp3) is 0.143. The van der Waals surface area contributed by atoms with Gasteiger partial charge in [-0.25, -0.2) is 4.98 Å². The molecule has 0 saturated heterocycles.